The van der Waals surface area contributed by atoms with Crippen molar-refractivity contribution in [2.24, 2.45) is 0 Å². The van der Waals surface area contributed by atoms with Gasteiger partial charge < -0.3 is 13.7 Å². The van der Waals surface area contributed by atoms with Gasteiger partial charge in [-0.15, -0.1) is 0 Å². The van der Waals surface area contributed by atoms with Crippen molar-refractivity contribution in [2.75, 3.05) is 6.61 Å². The highest BCUT2D eigenvalue weighted by Crippen LogP contribution is 2.39. The van der Waals surface area contributed by atoms with Crippen LogP contribution < -0.4 is 0 Å². The third kappa shape index (κ3) is 3.45. The van der Waals surface area contributed by atoms with Crippen molar-refractivity contribution < 1.29 is 4.74 Å². The molecule has 0 aliphatic carbocycles. The molecule has 2 atom stereocenters. The van der Waals surface area contributed by atoms with Gasteiger partial charge in [-0.3, -0.25) is 0 Å². The first-order valence-corrected chi connectivity index (χ1v) is 11.2. The van der Waals surface area contributed by atoms with E-state index in [1.54, 1.807) is 0 Å². The van der Waals surface area contributed by atoms with Crippen molar-refractivity contribution >= 4 is 16.6 Å². The summed E-state index contributed by atoms with van der Waals surface area (Å²) in [7, 11) is 0. The number of ether oxygens (including phenoxy) is 1. The van der Waals surface area contributed by atoms with E-state index in [0.29, 0.717) is 6.04 Å². The fourth-order valence-corrected chi connectivity index (χ4v) is 4.67. The summed E-state index contributed by atoms with van der Waals surface area (Å²) < 4.78 is 10.6. The monoisotopic (exact) mass is 416 g/mol. The number of aromatic nitrogens is 4. The van der Waals surface area contributed by atoms with Gasteiger partial charge in [0.1, 0.15) is 5.82 Å². The molecular weight excluding hydrogens is 384 g/mol. The van der Waals surface area contributed by atoms with Crippen LogP contribution in [0.1, 0.15) is 64.0 Å². The summed E-state index contributed by atoms with van der Waals surface area (Å²) in [6.45, 7) is 14.2. The highest BCUT2D eigenvalue weighted by Gasteiger charge is 2.39. The number of fused-ring (bicyclic) bond motifs is 2. The molecule has 0 spiro atoms. The van der Waals surface area contributed by atoms with Crippen LogP contribution in [0.4, 0.5) is 0 Å². The average Bonchev–Trinajstić information content (AvgIpc) is 3.28. The topological polar surface area (TPSA) is 44.3 Å². The van der Waals surface area contributed by atoms with Crippen molar-refractivity contribution in [3.63, 3.8) is 0 Å². The molecule has 4 aromatic rings. The molecule has 3 aromatic heterocycles. The molecule has 2 unspecified atom stereocenters. The number of aryl methyl sites for hydroxylation is 1. The lowest BCUT2D eigenvalue weighted by Crippen LogP contribution is -2.44. The molecular formula is C26H32N4O. The lowest BCUT2D eigenvalue weighted by atomic mass is 9.78. The third-order valence-electron chi connectivity index (χ3n) is 6.91. The number of rotatable bonds is 4. The van der Waals surface area contributed by atoms with Crippen LogP contribution in [0, 0.1) is 6.92 Å². The first-order chi connectivity index (χ1) is 14.6. The number of hydrogen-bond acceptors (Lipinski definition) is 3. The lowest BCUT2D eigenvalue weighted by Gasteiger charge is -2.42. The molecule has 1 aliphatic heterocycles. The Kier molecular flexibility index (Phi) is 4.52. The van der Waals surface area contributed by atoms with Crippen LogP contribution >= 0.6 is 0 Å². The highest BCUT2D eigenvalue weighted by atomic mass is 16.5. The predicted molar refractivity (Wildman–Crippen MR) is 125 cm³/mol. The van der Waals surface area contributed by atoms with Crippen LogP contribution in [0.5, 0.6) is 0 Å². The van der Waals surface area contributed by atoms with E-state index in [1.165, 1.54) is 16.6 Å². The second-order valence-corrected chi connectivity index (χ2v) is 10.7. The number of benzene rings is 1. The van der Waals surface area contributed by atoms with E-state index in [1.807, 2.05) is 19.4 Å². The van der Waals surface area contributed by atoms with Crippen LogP contribution in [0.3, 0.4) is 0 Å². The summed E-state index contributed by atoms with van der Waals surface area (Å²) >= 11 is 0. The molecule has 0 amide bonds. The summed E-state index contributed by atoms with van der Waals surface area (Å²) in [5.74, 6) is 1.02. The fourth-order valence-electron chi connectivity index (χ4n) is 4.67. The predicted octanol–water partition coefficient (Wildman–Crippen LogP) is 5.60. The normalized spacial score (nSPS) is 19.8. The van der Waals surface area contributed by atoms with E-state index < -0.39 is 0 Å². The molecule has 4 heterocycles. The largest absolute Gasteiger partial charge is 0.374 e. The van der Waals surface area contributed by atoms with Gasteiger partial charge in [0.15, 0.2) is 0 Å². The van der Waals surface area contributed by atoms with Gasteiger partial charge in [-0.25, -0.2) is 9.97 Å². The third-order valence-corrected chi connectivity index (χ3v) is 6.91. The smallest absolute Gasteiger partial charge is 0.110 e. The molecule has 5 rings (SSSR count). The molecule has 5 nitrogen and oxygen atoms in total. The minimum atomic E-state index is -0.0127. The lowest BCUT2D eigenvalue weighted by molar-refractivity contribution is -0.114. The number of pyridine rings is 1. The first-order valence-electron chi connectivity index (χ1n) is 11.2. The SMILES string of the molecule is Cc1ncc2ccc(C(C)(C)CC3OCC3n3cnc4ccc(C(C)(C)C)cc43)cn12. The van der Waals surface area contributed by atoms with Gasteiger partial charge in [-0.05, 0) is 53.5 Å². The Balaban J connectivity index is 1.42. The van der Waals surface area contributed by atoms with E-state index in [9.17, 15) is 0 Å². The van der Waals surface area contributed by atoms with Crippen LogP contribution in [-0.4, -0.2) is 31.6 Å². The van der Waals surface area contributed by atoms with Crippen LogP contribution in [-0.2, 0) is 15.6 Å². The van der Waals surface area contributed by atoms with Crippen molar-refractivity contribution in [2.45, 2.75) is 70.9 Å². The van der Waals surface area contributed by atoms with Gasteiger partial charge in [0, 0.05) is 6.20 Å². The molecule has 162 valence electrons. The van der Waals surface area contributed by atoms with E-state index in [-0.39, 0.29) is 16.9 Å². The Bertz CT molecular complexity index is 1260. The molecule has 31 heavy (non-hydrogen) atoms. The zero-order valence-corrected chi connectivity index (χ0v) is 19.4. The van der Waals surface area contributed by atoms with Crippen LogP contribution in [0.25, 0.3) is 16.6 Å². The summed E-state index contributed by atoms with van der Waals surface area (Å²) in [5, 5.41) is 0. The second-order valence-electron chi connectivity index (χ2n) is 10.7. The number of hydrogen-bond donors (Lipinski definition) is 0. The van der Waals surface area contributed by atoms with Gasteiger partial charge in [0.25, 0.3) is 0 Å². The minimum Gasteiger partial charge on any atom is -0.374 e. The maximum absolute atomic E-state index is 6.10. The Morgan fingerprint density at radius 1 is 1.03 bits per heavy atom. The Hall–Kier alpha value is -2.66. The number of nitrogens with zero attached hydrogens (tertiary/aromatic N) is 4. The molecule has 0 saturated carbocycles. The van der Waals surface area contributed by atoms with Crippen molar-refractivity contribution in [1.29, 1.82) is 0 Å². The summed E-state index contributed by atoms with van der Waals surface area (Å²) in [4.78, 5) is 9.10. The zero-order chi connectivity index (χ0) is 22.0. The van der Waals surface area contributed by atoms with Crippen molar-refractivity contribution in [3.05, 3.63) is 66.0 Å². The Morgan fingerprint density at radius 3 is 2.52 bits per heavy atom. The summed E-state index contributed by atoms with van der Waals surface area (Å²) in [5.41, 5.74) is 6.14. The van der Waals surface area contributed by atoms with Gasteiger partial charge in [0.2, 0.25) is 0 Å². The Labute approximate surface area is 184 Å². The average molecular weight is 417 g/mol. The van der Waals surface area contributed by atoms with E-state index in [0.717, 1.165) is 29.9 Å². The molecule has 0 bridgehead atoms. The molecule has 0 N–H and O–H groups in total. The fraction of sp³-hybridized carbons (Fsp3) is 0.462. The Morgan fingerprint density at radius 2 is 1.81 bits per heavy atom. The molecule has 1 aliphatic rings. The molecule has 0 radical (unpaired) electrons. The van der Waals surface area contributed by atoms with Gasteiger partial charge >= 0.3 is 0 Å². The van der Waals surface area contributed by atoms with Gasteiger partial charge in [-0.2, -0.15) is 0 Å². The molecule has 5 heteroatoms. The summed E-state index contributed by atoms with van der Waals surface area (Å²) in [6.07, 6.45) is 7.27. The minimum absolute atomic E-state index is 0.0127. The zero-order valence-electron chi connectivity index (χ0n) is 19.4. The quantitative estimate of drug-likeness (QED) is 0.435. The van der Waals surface area contributed by atoms with E-state index >= 15 is 0 Å². The number of imidazole rings is 2. The van der Waals surface area contributed by atoms with Crippen LogP contribution in [0.15, 0.2) is 49.1 Å². The summed E-state index contributed by atoms with van der Waals surface area (Å²) in [6, 6.07) is 11.4. The van der Waals surface area contributed by atoms with Crippen molar-refractivity contribution in [1.82, 2.24) is 18.9 Å². The van der Waals surface area contributed by atoms with E-state index in [4.69, 9.17) is 4.74 Å². The first kappa shape index (κ1) is 20.3. The highest BCUT2D eigenvalue weighted by molar-refractivity contribution is 5.76. The van der Waals surface area contributed by atoms with Crippen LogP contribution in [0.2, 0.25) is 0 Å². The second kappa shape index (κ2) is 6.92. The maximum Gasteiger partial charge on any atom is 0.110 e. The van der Waals surface area contributed by atoms with Gasteiger partial charge in [0.05, 0.1) is 47.8 Å². The van der Waals surface area contributed by atoms with Gasteiger partial charge in [-0.1, -0.05) is 46.8 Å². The maximum atomic E-state index is 6.10. The molecule has 1 aromatic carbocycles. The molecule has 1 saturated heterocycles. The molecule has 1 fully saturated rings. The standard InChI is InChI=1S/C26H32N4O/c1-17-27-13-20-9-7-19(14-29(17)20)26(5,6)12-24-23(15-31-24)30-16-28-21-10-8-18(11-22(21)30)25(2,3)4/h7-11,13-14,16,23-24H,12,15H2,1-6H3. The van der Waals surface area contributed by atoms with Crippen molar-refractivity contribution in [3.8, 4) is 0 Å². The van der Waals surface area contributed by atoms with E-state index in [2.05, 4.69) is 90.1 Å².